The van der Waals surface area contributed by atoms with Gasteiger partial charge in [0.1, 0.15) is 0 Å². The Labute approximate surface area is 149 Å². The van der Waals surface area contributed by atoms with Gasteiger partial charge in [0.25, 0.3) is 0 Å². The largest absolute Gasteiger partial charge is 0.417 e. The zero-order valence-electron chi connectivity index (χ0n) is 12.0. The summed E-state index contributed by atoms with van der Waals surface area (Å²) in [5, 5.41) is 4.30. The Morgan fingerprint density at radius 2 is 1.88 bits per heavy atom. The normalized spacial score (nSPS) is 11.5. The van der Waals surface area contributed by atoms with Crippen LogP contribution in [0.3, 0.4) is 0 Å². The quantitative estimate of drug-likeness (QED) is 0.637. The molecule has 2 N–H and O–H groups in total. The standard InChI is InChI=1S/C16H11BrClF3N2O/c17-13-4-2-1-3-10(13)7-8-22-15(24)23-11-5-6-14(18)12(9-11)16(19,20)21/h1-9H,(H2,22,23,24)/b8-7+. The maximum absolute atomic E-state index is 12.8. The van der Waals surface area contributed by atoms with Crippen molar-refractivity contribution < 1.29 is 18.0 Å². The van der Waals surface area contributed by atoms with E-state index in [-0.39, 0.29) is 5.69 Å². The molecule has 0 aromatic heterocycles. The van der Waals surface area contributed by atoms with E-state index in [1.807, 2.05) is 24.3 Å². The van der Waals surface area contributed by atoms with Crippen molar-refractivity contribution in [3.05, 3.63) is 69.3 Å². The van der Waals surface area contributed by atoms with Crippen LogP contribution < -0.4 is 10.6 Å². The molecule has 2 rings (SSSR count). The van der Waals surface area contributed by atoms with E-state index in [0.717, 1.165) is 22.2 Å². The summed E-state index contributed by atoms with van der Waals surface area (Å²) in [5.41, 5.74) is -0.187. The van der Waals surface area contributed by atoms with Gasteiger partial charge in [-0.1, -0.05) is 45.7 Å². The Hall–Kier alpha value is -1.99. The first-order valence-electron chi connectivity index (χ1n) is 6.63. The molecular formula is C16H11BrClF3N2O. The number of hydrogen-bond donors (Lipinski definition) is 2. The first-order valence-corrected chi connectivity index (χ1v) is 7.80. The fourth-order valence-corrected chi connectivity index (χ4v) is 2.45. The molecule has 0 bridgehead atoms. The average molecular weight is 420 g/mol. The summed E-state index contributed by atoms with van der Waals surface area (Å²) in [7, 11) is 0. The van der Waals surface area contributed by atoms with Crippen LogP contribution in [0, 0.1) is 0 Å². The summed E-state index contributed by atoms with van der Waals surface area (Å²) >= 11 is 8.87. The molecule has 24 heavy (non-hydrogen) atoms. The number of hydrogen-bond acceptors (Lipinski definition) is 1. The Balaban J connectivity index is 2.02. The lowest BCUT2D eigenvalue weighted by Gasteiger charge is -2.11. The lowest BCUT2D eigenvalue weighted by atomic mass is 10.2. The third-order valence-electron chi connectivity index (χ3n) is 2.91. The third-order valence-corrected chi connectivity index (χ3v) is 3.96. The molecule has 0 aliphatic heterocycles. The second kappa shape index (κ2) is 7.72. The zero-order chi connectivity index (χ0) is 17.7. The van der Waals surface area contributed by atoms with Gasteiger partial charge in [-0.3, -0.25) is 0 Å². The molecular weight excluding hydrogens is 409 g/mol. The second-order valence-corrected chi connectivity index (χ2v) is 5.91. The first-order chi connectivity index (χ1) is 11.3. The Bertz CT molecular complexity index is 778. The van der Waals surface area contributed by atoms with E-state index in [0.29, 0.717) is 0 Å². The van der Waals surface area contributed by atoms with Crippen LogP contribution in [0.1, 0.15) is 11.1 Å². The minimum absolute atomic E-state index is 0.0153. The maximum Gasteiger partial charge on any atom is 0.417 e. The minimum Gasteiger partial charge on any atom is -0.314 e. The molecule has 0 unspecified atom stereocenters. The molecule has 8 heteroatoms. The van der Waals surface area contributed by atoms with Gasteiger partial charge in [-0.2, -0.15) is 13.2 Å². The SMILES string of the molecule is O=C(N/C=C/c1ccccc1Br)Nc1ccc(Cl)c(C(F)(F)F)c1. The molecule has 0 aliphatic rings. The number of halogens is 5. The monoisotopic (exact) mass is 418 g/mol. The number of nitrogens with one attached hydrogen (secondary N) is 2. The Morgan fingerprint density at radius 3 is 2.54 bits per heavy atom. The van der Waals surface area contributed by atoms with Gasteiger partial charge in [-0.05, 0) is 35.9 Å². The van der Waals surface area contributed by atoms with E-state index < -0.39 is 22.8 Å². The van der Waals surface area contributed by atoms with Crippen LogP contribution >= 0.6 is 27.5 Å². The van der Waals surface area contributed by atoms with E-state index in [1.165, 1.54) is 12.3 Å². The van der Waals surface area contributed by atoms with E-state index in [4.69, 9.17) is 11.6 Å². The molecule has 0 spiro atoms. The molecule has 0 saturated carbocycles. The highest BCUT2D eigenvalue weighted by Gasteiger charge is 2.33. The highest BCUT2D eigenvalue weighted by atomic mass is 79.9. The molecule has 126 valence electrons. The third kappa shape index (κ3) is 5.01. The summed E-state index contributed by atoms with van der Waals surface area (Å²) < 4.78 is 39.1. The highest BCUT2D eigenvalue weighted by molar-refractivity contribution is 9.10. The summed E-state index contributed by atoms with van der Waals surface area (Å²) in [4.78, 5) is 11.7. The van der Waals surface area contributed by atoms with Gasteiger partial charge in [0, 0.05) is 16.4 Å². The number of carbonyl (C=O) groups excluding carboxylic acids is 1. The number of rotatable bonds is 3. The van der Waals surface area contributed by atoms with Crippen molar-refractivity contribution in [1.29, 1.82) is 0 Å². The fourth-order valence-electron chi connectivity index (χ4n) is 1.80. The van der Waals surface area contributed by atoms with Gasteiger partial charge >= 0.3 is 12.2 Å². The van der Waals surface area contributed by atoms with Crippen molar-refractivity contribution in [3.63, 3.8) is 0 Å². The van der Waals surface area contributed by atoms with Crippen molar-refractivity contribution in [2.75, 3.05) is 5.32 Å². The van der Waals surface area contributed by atoms with E-state index in [1.54, 1.807) is 6.08 Å². The first kappa shape index (κ1) is 18.4. The number of benzene rings is 2. The van der Waals surface area contributed by atoms with E-state index >= 15 is 0 Å². The fraction of sp³-hybridized carbons (Fsp3) is 0.0625. The predicted octanol–water partition coefficient (Wildman–Crippen LogP) is 5.91. The summed E-state index contributed by atoms with van der Waals surface area (Å²) in [6.45, 7) is 0. The second-order valence-electron chi connectivity index (χ2n) is 4.65. The van der Waals surface area contributed by atoms with Crippen molar-refractivity contribution in [2.45, 2.75) is 6.18 Å². The molecule has 0 aliphatic carbocycles. The number of amides is 2. The van der Waals surface area contributed by atoms with Crippen LogP contribution in [-0.2, 0) is 6.18 Å². The van der Waals surface area contributed by atoms with Crippen molar-refractivity contribution in [1.82, 2.24) is 5.32 Å². The minimum atomic E-state index is -4.59. The maximum atomic E-state index is 12.8. The van der Waals surface area contributed by atoms with Gasteiger partial charge in [0.2, 0.25) is 0 Å². The van der Waals surface area contributed by atoms with E-state index in [2.05, 4.69) is 26.6 Å². The van der Waals surface area contributed by atoms with Gasteiger partial charge < -0.3 is 10.6 Å². The number of alkyl halides is 3. The van der Waals surface area contributed by atoms with Crippen LogP contribution in [0.5, 0.6) is 0 Å². The van der Waals surface area contributed by atoms with Gasteiger partial charge in [-0.15, -0.1) is 0 Å². The summed E-state index contributed by atoms with van der Waals surface area (Å²) in [6, 6.07) is 9.82. The molecule has 0 atom stereocenters. The number of carbonyl (C=O) groups is 1. The molecule has 0 saturated heterocycles. The van der Waals surface area contributed by atoms with Gasteiger partial charge in [0.15, 0.2) is 0 Å². The highest BCUT2D eigenvalue weighted by Crippen LogP contribution is 2.36. The molecule has 0 heterocycles. The molecule has 2 amide bonds. The topological polar surface area (TPSA) is 41.1 Å². The van der Waals surface area contributed by atoms with Crippen molar-refractivity contribution >= 4 is 45.3 Å². The molecule has 2 aromatic rings. The van der Waals surface area contributed by atoms with Crippen molar-refractivity contribution in [2.24, 2.45) is 0 Å². The smallest absolute Gasteiger partial charge is 0.314 e. The molecule has 2 aromatic carbocycles. The van der Waals surface area contributed by atoms with Crippen LogP contribution in [-0.4, -0.2) is 6.03 Å². The van der Waals surface area contributed by atoms with Crippen LogP contribution in [0.4, 0.5) is 23.7 Å². The van der Waals surface area contributed by atoms with E-state index in [9.17, 15) is 18.0 Å². The number of anilines is 1. The molecule has 0 fully saturated rings. The van der Waals surface area contributed by atoms with Crippen LogP contribution in [0.15, 0.2) is 53.1 Å². The number of urea groups is 1. The lowest BCUT2D eigenvalue weighted by Crippen LogP contribution is -2.24. The van der Waals surface area contributed by atoms with Crippen molar-refractivity contribution in [3.8, 4) is 0 Å². The Morgan fingerprint density at radius 1 is 1.17 bits per heavy atom. The zero-order valence-corrected chi connectivity index (χ0v) is 14.3. The summed E-state index contributed by atoms with van der Waals surface area (Å²) in [6.07, 6.45) is -1.56. The molecule has 3 nitrogen and oxygen atoms in total. The van der Waals surface area contributed by atoms with Gasteiger partial charge in [-0.25, -0.2) is 4.79 Å². The Kier molecular flexibility index (Phi) is 5.90. The average Bonchev–Trinajstić information content (AvgIpc) is 2.50. The predicted molar refractivity (Wildman–Crippen MR) is 91.8 cm³/mol. The van der Waals surface area contributed by atoms with Crippen LogP contribution in [0.25, 0.3) is 6.08 Å². The lowest BCUT2D eigenvalue weighted by molar-refractivity contribution is -0.137. The summed E-state index contributed by atoms with van der Waals surface area (Å²) in [5.74, 6) is 0. The molecule has 0 radical (unpaired) electrons. The van der Waals surface area contributed by atoms with Gasteiger partial charge in [0.05, 0.1) is 10.6 Å². The van der Waals surface area contributed by atoms with Crippen LogP contribution in [0.2, 0.25) is 5.02 Å².